The van der Waals surface area contributed by atoms with Crippen molar-refractivity contribution in [2.45, 2.75) is 24.3 Å². The fourth-order valence-electron chi connectivity index (χ4n) is 2.03. The van der Waals surface area contributed by atoms with Crippen LogP contribution in [-0.2, 0) is 9.59 Å². The van der Waals surface area contributed by atoms with Gasteiger partial charge in [0.05, 0.1) is 22.9 Å². The highest BCUT2D eigenvalue weighted by Crippen LogP contribution is 2.17. The van der Waals surface area contributed by atoms with E-state index < -0.39 is 10.5 Å². The molecule has 2 atom stereocenters. The summed E-state index contributed by atoms with van der Waals surface area (Å²) in [6, 6.07) is 18.9. The quantitative estimate of drug-likeness (QED) is 0.544. The number of carbonyl (C=O) groups excluding carboxylic acids is 2. The molecule has 0 aliphatic rings. The van der Waals surface area contributed by atoms with E-state index in [1.807, 2.05) is 60.7 Å². The van der Waals surface area contributed by atoms with Crippen molar-refractivity contribution in [2.24, 2.45) is 10.2 Å². The average molecular weight is 382 g/mol. The van der Waals surface area contributed by atoms with Crippen molar-refractivity contribution in [3.8, 4) is 0 Å². The third-order valence-electron chi connectivity index (χ3n) is 3.52. The zero-order chi connectivity index (χ0) is 19.5. The molecular formula is C20H22N4O2S. The van der Waals surface area contributed by atoms with E-state index in [-0.39, 0.29) is 11.8 Å². The molecule has 0 unspecified atom stereocenters. The zero-order valence-electron chi connectivity index (χ0n) is 15.2. The molecule has 140 valence electrons. The van der Waals surface area contributed by atoms with Crippen LogP contribution in [0.2, 0.25) is 0 Å². The Kier molecular flexibility index (Phi) is 8.25. The van der Waals surface area contributed by atoms with Crippen molar-refractivity contribution in [1.82, 2.24) is 10.9 Å². The van der Waals surface area contributed by atoms with Gasteiger partial charge in [0.2, 0.25) is 0 Å². The van der Waals surface area contributed by atoms with Crippen LogP contribution in [0.15, 0.2) is 70.9 Å². The SMILES string of the molecule is C[C@H](S[C@@H](C)C(=O)N/N=C\c1ccccc1)C(=O)N/N=C\c1ccccc1. The van der Waals surface area contributed by atoms with Gasteiger partial charge in [0, 0.05) is 0 Å². The first-order valence-electron chi connectivity index (χ1n) is 8.47. The van der Waals surface area contributed by atoms with Crippen molar-refractivity contribution in [2.75, 3.05) is 0 Å². The molecule has 6 nitrogen and oxygen atoms in total. The van der Waals surface area contributed by atoms with Crippen LogP contribution in [0.3, 0.4) is 0 Å². The highest BCUT2D eigenvalue weighted by molar-refractivity contribution is 8.01. The second-order valence-electron chi connectivity index (χ2n) is 5.71. The van der Waals surface area contributed by atoms with Crippen LogP contribution in [-0.4, -0.2) is 34.7 Å². The molecule has 0 bridgehead atoms. The van der Waals surface area contributed by atoms with Gasteiger partial charge in [-0.15, -0.1) is 11.8 Å². The monoisotopic (exact) mass is 382 g/mol. The van der Waals surface area contributed by atoms with Gasteiger partial charge in [-0.2, -0.15) is 10.2 Å². The third kappa shape index (κ3) is 7.45. The van der Waals surface area contributed by atoms with Crippen LogP contribution < -0.4 is 10.9 Å². The van der Waals surface area contributed by atoms with Gasteiger partial charge in [0.25, 0.3) is 11.8 Å². The van der Waals surface area contributed by atoms with Gasteiger partial charge in [0.15, 0.2) is 0 Å². The van der Waals surface area contributed by atoms with Crippen LogP contribution in [0.25, 0.3) is 0 Å². The molecule has 0 aliphatic heterocycles. The maximum atomic E-state index is 12.1. The summed E-state index contributed by atoms with van der Waals surface area (Å²) in [7, 11) is 0. The Balaban J connectivity index is 1.75. The molecule has 0 fully saturated rings. The van der Waals surface area contributed by atoms with Crippen LogP contribution in [0.1, 0.15) is 25.0 Å². The maximum absolute atomic E-state index is 12.1. The summed E-state index contributed by atoms with van der Waals surface area (Å²) >= 11 is 1.24. The minimum absolute atomic E-state index is 0.264. The predicted molar refractivity (Wildman–Crippen MR) is 111 cm³/mol. The minimum atomic E-state index is -0.434. The molecule has 27 heavy (non-hydrogen) atoms. The van der Waals surface area contributed by atoms with Crippen molar-refractivity contribution >= 4 is 36.0 Å². The molecule has 7 heteroatoms. The summed E-state index contributed by atoms with van der Waals surface area (Å²) in [5.74, 6) is -0.528. The first-order valence-corrected chi connectivity index (χ1v) is 9.42. The predicted octanol–water partition coefficient (Wildman–Crippen LogP) is 2.80. The van der Waals surface area contributed by atoms with E-state index in [1.54, 1.807) is 26.3 Å². The van der Waals surface area contributed by atoms with E-state index in [0.717, 1.165) is 11.1 Å². The normalized spacial score (nSPS) is 13.4. The number of nitrogens with zero attached hydrogens (tertiary/aromatic N) is 2. The van der Waals surface area contributed by atoms with E-state index in [4.69, 9.17) is 0 Å². The Hall–Kier alpha value is -2.93. The lowest BCUT2D eigenvalue weighted by Crippen LogP contribution is -2.33. The second kappa shape index (κ2) is 10.9. The lowest BCUT2D eigenvalue weighted by atomic mass is 10.2. The Morgan fingerprint density at radius 2 is 1.15 bits per heavy atom. The van der Waals surface area contributed by atoms with Gasteiger partial charge in [-0.1, -0.05) is 60.7 Å². The summed E-state index contributed by atoms with van der Waals surface area (Å²) in [4.78, 5) is 24.2. The number of rotatable bonds is 8. The van der Waals surface area contributed by atoms with Crippen LogP contribution in [0.5, 0.6) is 0 Å². The Morgan fingerprint density at radius 3 is 1.52 bits per heavy atom. The third-order valence-corrected chi connectivity index (χ3v) is 4.77. The van der Waals surface area contributed by atoms with Crippen molar-refractivity contribution in [1.29, 1.82) is 0 Å². The van der Waals surface area contributed by atoms with Gasteiger partial charge in [-0.05, 0) is 25.0 Å². The molecule has 0 spiro atoms. The molecule has 0 saturated heterocycles. The molecule has 2 rings (SSSR count). The van der Waals surface area contributed by atoms with E-state index in [2.05, 4.69) is 21.1 Å². The molecule has 0 aliphatic carbocycles. The minimum Gasteiger partial charge on any atom is -0.272 e. The molecule has 2 amide bonds. The zero-order valence-corrected chi connectivity index (χ0v) is 16.0. The van der Waals surface area contributed by atoms with E-state index in [1.165, 1.54) is 11.8 Å². The van der Waals surface area contributed by atoms with Crippen LogP contribution in [0, 0.1) is 0 Å². The first-order chi connectivity index (χ1) is 13.1. The van der Waals surface area contributed by atoms with Gasteiger partial charge < -0.3 is 0 Å². The molecular weight excluding hydrogens is 360 g/mol. The Labute approximate surface area is 163 Å². The van der Waals surface area contributed by atoms with Crippen LogP contribution >= 0.6 is 11.8 Å². The second-order valence-corrected chi connectivity index (χ2v) is 7.40. The smallest absolute Gasteiger partial charge is 0.252 e. The van der Waals surface area contributed by atoms with E-state index >= 15 is 0 Å². The molecule has 0 radical (unpaired) electrons. The summed E-state index contributed by atoms with van der Waals surface area (Å²) in [5, 5.41) is 7.00. The maximum Gasteiger partial charge on any atom is 0.252 e. The number of carbonyl (C=O) groups is 2. The fraction of sp³-hybridized carbons (Fsp3) is 0.200. The van der Waals surface area contributed by atoms with E-state index in [0.29, 0.717) is 0 Å². The fourth-order valence-corrected chi connectivity index (χ4v) is 3.00. The van der Waals surface area contributed by atoms with Crippen molar-refractivity contribution in [3.05, 3.63) is 71.8 Å². The molecule has 2 N–H and O–H groups in total. The summed E-state index contributed by atoms with van der Waals surface area (Å²) in [6.45, 7) is 3.46. The standard InChI is InChI=1S/C20H22N4O2S/c1-15(19(25)23-21-13-17-9-5-3-6-10-17)27-16(2)20(26)24-22-14-18-11-7-4-8-12-18/h3-16H,1-2H3,(H,23,25)(H,24,26)/b21-13-,22-14-/t15-,16-/m0/s1. The molecule has 2 aromatic rings. The summed E-state index contributed by atoms with van der Waals surface area (Å²) in [6.07, 6.45) is 3.15. The topological polar surface area (TPSA) is 82.9 Å². The molecule has 2 aromatic carbocycles. The number of hydrogen-bond acceptors (Lipinski definition) is 5. The highest BCUT2D eigenvalue weighted by atomic mass is 32.2. The van der Waals surface area contributed by atoms with Gasteiger partial charge in [0.1, 0.15) is 0 Å². The highest BCUT2D eigenvalue weighted by Gasteiger charge is 2.21. The van der Waals surface area contributed by atoms with Gasteiger partial charge >= 0.3 is 0 Å². The largest absolute Gasteiger partial charge is 0.272 e. The first kappa shape index (κ1) is 20.4. The van der Waals surface area contributed by atoms with Crippen molar-refractivity contribution in [3.63, 3.8) is 0 Å². The lowest BCUT2D eigenvalue weighted by Gasteiger charge is -2.14. The number of benzene rings is 2. The average Bonchev–Trinajstić information content (AvgIpc) is 2.69. The van der Waals surface area contributed by atoms with Gasteiger partial charge in [-0.3, -0.25) is 9.59 Å². The number of hydrogen-bond donors (Lipinski definition) is 2. The molecule has 0 saturated carbocycles. The van der Waals surface area contributed by atoms with Crippen LogP contribution in [0.4, 0.5) is 0 Å². The number of nitrogens with one attached hydrogen (secondary N) is 2. The summed E-state index contributed by atoms with van der Waals surface area (Å²) < 4.78 is 0. The Morgan fingerprint density at radius 1 is 0.778 bits per heavy atom. The van der Waals surface area contributed by atoms with Crippen molar-refractivity contribution < 1.29 is 9.59 Å². The molecule has 0 heterocycles. The number of thioether (sulfide) groups is 1. The summed E-state index contributed by atoms with van der Waals surface area (Å²) in [5.41, 5.74) is 6.76. The number of hydrazone groups is 2. The van der Waals surface area contributed by atoms with Gasteiger partial charge in [-0.25, -0.2) is 10.9 Å². The number of amides is 2. The molecule has 0 aromatic heterocycles. The Bertz CT molecular complexity index is 727. The van der Waals surface area contributed by atoms with E-state index in [9.17, 15) is 9.59 Å². The lowest BCUT2D eigenvalue weighted by molar-refractivity contribution is -0.120.